The van der Waals surface area contributed by atoms with Gasteiger partial charge in [-0.05, 0) is 75.9 Å². The fourth-order valence-electron chi connectivity index (χ4n) is 4.39. The SMILES string of the molecule is CCOc1cc(C=N/N=C2\NC(=O)C(CC(=O)Nc3ccc(C)cc3)S2)cc(Br)c1OCc1cccc2ccccc12. The number of carbonyl (C=O) groups is 2. The molecule has 1 saturated heterocycles. The van der Waals surface area contributed by atoms with Crippen LogP contribution in [0.3, 0.4) is 0 Å². The molecule has 1 aliphatic heterocycles. The van der Waals surface area contributed by atoms with Crippen LogP contribution >= 0.6 is 27.7 Å². The minimum Gasteiger partial charge on any atom is -0.490 e. The highest BCUT2D eigenvalue weighted by Crippen LogP contribution is 2.37. The van der Waals surface area contributed by atoms with Crippen molar-refractivity contribution >= 4 is 67.3 Å². The standard InChI is InChI=1S/C32H29BrN4O4S/c1-3-40-27-16-21(15-26(33)30(27)41-19-23-9-6-8-22-7-4-5-10-25(22)23)18-34-37-32-36-31(39)28(42-32)17-29(38)35-24-13-11-20(2)12-14-24/h4-16,18,28H,3,17,19H2,1-2H3,(H,35,38)(H,36,37,39). The zero-order valence-corrected chi connectivity index (χ0v) is 25.5. The first-order valence-corrected chi connectivity index (χ1v) is 15.1. The maximum Gasteiger partial charge on any atom is 0.240 e. The fourth-order valence-corrected chi connectivity index (χ4v) is 5.88. The fraction of sp³-hybridized carbons (Fsp3) is 0.188. The van der Waals surface area contributed by atoms with E-state index in [2.05, 4.69) is 61.0 Å². The van der Waals surface area contributed by atoms with Crippen molar-refractivity contribution in [3.05, 3.63) is 100 Å². The molecule has 4 aromatic rings. The van der Waals surface area contributed by atoms with Gasteiger partial charge in [0.1, 0.15) is 11.9 Å². The topological polar surface area (TPSA) is 101 Å². The molecular formula is C32H29BrN4O4S. The van der Waals surface area contributed by atoms with Crippen molar-refractivity contribution in [1.82, 2.24) is 5.32 Å². The van der Waals surface area contributed by atoms with Gasteiger partial charge >= 0.3 is 0 Å². The van der Waals surface area contributed by atoms with Gasteiger partial charge in [0.25, 0.3) is 0 Å². The number of rotatable bonds is 10. The third-order valence-corrected chi connectivity index (χ3v) is 8.08. The maximum absolute atomic E-state index is 12.4. The number of nitrogens with zero attached hydrogens (tertiary/aromatic N) is 2. The third kappa shape index (κ3) is 7.37. The lowest BCUT2D eigenvalue weighted by molar-refractivity contribution is -0.122. The molecule has 214 valence electrons. The van der Waals surface area contributed by atoms with Gasteiger partial charge in [-0.3, -0.25) is 9.59 Å². The van der Waals surface area contributed by atoms with E-state index in [1.165, 1.54) is 11.8 Å². The summed E-state index contributed by atoms with van der Waals surface area (Å²) in [5.74, 6) is 0.650. The van der Waals surface area contributed by atoms with Crippen LogP contribution in [0.1, 0.15) is 30.0 Å². The van der Waals surface area contributed by atoms with Crippen LogP contribution < -0.4 is 20.1 Å². The number of ether oxygens (including phenoxy) is 2. The van der Waals surface area contributed by atoms with Gasteiger partial charge in [0.2, 0.25) is 11.8 Å². The summed E-state index contributed by atoms with van der Waals surface area (Å²) in [6.07, 6.45) is 1.59. The predicted molar refractivity (Wildman–Crippen MR) is 173 cm³/mol. The lowest BCUT2D eigenvalue weighted by Gasteiger charge is -2.15. The Morgan fingerprint density at radius 2 is 1.86 bits per heavy atom. The summed E-state index contributed by atoms with van der Waals surface area (Å²) in [6, 6.07) is 25.5. The normalized spacial score (nSPS) is 15.7. The molecule has 1 fully saturated rings. The molecule has 0 bridgehead atoms. The van der Waals surface area contributed by atoms with Crippen molar-refractivity contribution in [2.75, 3.05) is 11.9 Å². The van der Waals surface area contributed by atoms with E-state index >= 15 is 0 Å². The van der Waals surface area contributed by atoms with Gasteiger partial charge in [-0.25, -0.2) is 0 Å². The molecule has 4 aromatic carbocycles. The van der Waals surface area contributed by atoms with E-state index in [1.807, 2.05) is 68.4 Å². The van der Waals surface area contributed by atoms with E-state index in [1.54, 1.807) is 6.21 Å². The number of thioether (sulfide) groups is 1. The van der Waals surface area contributed by atoms with Gasteiger partial charge < -0.3 is 20.1 Å². The number of hydrogen-bond acceptors (Lipinski definition) is 7. The number of anilines is 1. The molecule has 1 atom stereocenters. The summed E-state index contributed by atoms with van der Waals surface area (Å²) in [5, 5.41) is 15.9. The van der Waals surface area contributed by atoms with E-state index in [4.69, 9.17) is 9.47 Å². The van der Waals surface area contributed by atoms with E-state index in [-0.39, 0.29) is 18.2 Å². The molecule has 2 N–H and O–H groups in total. The molecule has 42 heavy (non-hydrogen) atoms. The Balaban J connectivity index is 1.23. The number of benzene rings is 4. The summed E-state index contributed by atoms with van der Waals surface area (Å²) in [6.45, 7) is 4.72. The molecule has 1 aliphatic rings. The van der Waals surface area contributed by atoms with Crippen molar-refractivity contribution in [3.8, 4) is 11.5 Å². The molecule has 0 saturated carbocycles. The predicted octanol–water partition coefficient (Wildman–Crippen LogP) is 6.84. The molecule has 1 heterocycles. The second-order valence-corrected chi connectivity index (χ2v) is 11.6. The van der Waals surface area contributed by atoms with Crippen molar-refractivity contribution in [2.45, 2.75) is 32.1 Å². The van der Waals surface area contributed by atoms with Gasteiger partial charge in [0, 0.05) is 12.1 Å². The quantitative estimate of drug-likeness (QED) is 0.145. The zero-order chi connectivity index (χ0) is 29.5. The Bertz CT molecular complexity index is 1670. The number of fused-ring (bicyclic) bond motifs is 1. The van der Waals surface area contributed by atoms with Crippen LogP contribution in [0.2, 0.25) is 0 Å². The highest BCUT2D eigenvalue weighted by atomic mass is 79.9. The smallest absolute Gasteiger partial charge is 0.240 e. The van der Waals surface area contributed by atoms with E-state index in [9.17, 15) is 9.59 Å². The second kappa shape index (κ2) is 13.7. The summed E-state index contributed by atoms with van der Waals surface area (Å²) in [5.41, 5.74) is 3.60. The first kappa shape index (κ1) is 29.3. The Labute approximate surface area is 256 Å². The molecular weight excluding hydrogens is 616 g/mol. The highest BCUT2D eigenvalue weighted by Gasteiger charge is 2.32. The molecule has 2 amide bonds. The van der Waals surface area contributed by atoms with Crippen LogP contribution in [-0.2, 0) is 16.2 Å². The number of hydrogen-bond donors (Lipinski definition) is 2. The number of nitrogens with one attached hydrogen (secondary N) is 2. The van der Waals surface area contributed by atoms with Gasteiger partial charge in [-0.2, -0.15) is 5.10 Å². The van der Waals surface area contributed by atoms with E-state index < -0.39 is 5.25 Å². The summed E-state index contributed by atoms with van der Waals surface area (Å²) >= 11 is 4.79. The summed E-state index contributed by atoms with van der Waals surface area (Å²) in [7, 11) is 0. The second-order valence-electron chi connectivity index (χ2n) is 9.55. The first-order chi connectivity index (χ1) is 20.4. The number of halogens is 1. The molecule has 0 spiro atoms. The van der Waals surface area contributed by atoms with Crippen molar-refractivity contribution in [2.24, 2.45) is 10.2 Å². The molecule has 1 unspecified atom stereocenters. The third-order valence-electron chi connectivity index (χ3n) is 6.42. The van der Waals surface area contributed by atoms with Crippen LogP contribution in [0.25, 0.3) is 10.8 Å². The van der Waals surface area contributed by atoms with Crippen LogP contribution in [0.4, 0.5) is 5.69 Å². The highest BCUT2D eigenvalue weighted by molar-refractivity contribution is 9.10. The molecule has 5 rings (SSSR count). The molecule has 0 aromatic heterocycles. The lowest BCUT2D eigenvalue weighted by atomic mass is 10.1. The first-order valence-electron chi connectivity index (χ1n) is 13.4. The number of amidine groups is 1. The number of aryl methyl sites for hydroxylation is 1. The Morgan fingerprint density at radius 1 is 1.07 bits per heavy atom. The zero-order valence-electron chi connectivity index (χ0n) is 23.1. The monoisotopic (exact) mass is 644 g/mol. The van der Waals surface area contributed by atoms with Crippen LogP contribution in [-0.4, -0.2) is 35.1 Å². The van der Waals surface area contributed by atoms with Gasteiger partial charge in [0.15, 0.2) is 16.7 Å². The molecule has 0 aliphatic carbocycles. The van der Waals surface area contributed by atoms with Crippen molar-refractivity contribution < 1.29 is 19.1 Å². The Kier molecular flexibility index (Phi) is 9.55. The lowest BCUT2D eigenvalue weighted by Crippen LogP contribution is -2.28. The number of amides is 2. The van der Waals surface area contributed by atoms with Gasteiger partial charge in [-0.1, -0.05) is 71.9 Å². The molecule has 10 heteroatoms. The van der Waals surface area contributed by atoms with Crippen molar-refractivity contribution in [1.29, 1.82) is 0 Å². The maximum atomic E-state index is 12.4. The Morgan fingerprint density at radius 3 is 2.67 bits per heavy atom. The molecule has 8 nitrogen and oxygen atoms in total. The Hall–Kier alpha value is -4.15. The van der Waals surface area contributed by atoms with Crippen molar-refractivity contribution in [3.63, 3.8) is 0 Å². The summed E-state index contributed by atoms with van der Waals surface area (Å²) < 4.78 is 12.8. The minimum absolute atomic E-state index is 0.0258. The molecule has 0 radical (unpaired) electrons. The summed E-state index contributed by atoms with van der Waals surface area (Å²) in [4.78, 5) is 24.8. The van der Waals surface area contributed by atoms with Crippen LogP contribution in [0, 0.1) is 6.92 Å². The average Bonchev–Trinajstić information content (AvgIpc) is 3.32. The minimum atomic E-state index is -0.582. The van der Waals surface area contributed by atoms with Gasteiger partial charge in [0.05, 0.1) is 17.3 Å². The van der Waals surface area contributed by atoms with Gasteiger partial charge in [-0.15, -0.1) is 5.10 Å². The average molecular weight is 646 g/mol. The van der Waals surface area contributed by atoms with Crippen LogP contribution in [0.5, 0.6) is 11.5 Å². The van der Waals surface area contributed by atoms with E-state index in [0.717, 1.165) is 27.5 Å². The largest absolute Gasteiger partial charge is 0.490 e. The number of carbonyl (C=O) groups excluding carboxylic acids is 2. The van der Waals surface area contributed by atoms with Crippen LogP contribution in [0.15, 0.2) is 93.5 Å². The van der Waals surface area contributed by atoms with E-state index in [0.29, 0.717) is 40.0 Å².